The maximum Gasteiger partial charge on any atom is 0.410 e. The number of likely N-dealkylation sites (tertiary alicyclic amines) is 1. The highest BCUT2D eigenvalue weighted by Crippen LogP contribution is 2.34. The van der Waals surface area contributed by atoms with Gasteiger partial charge in [-0.25, -0.2) is 19.6 Å². The van der Waals surface area contributed by atoms with Gasteiger partial charge in [-0.1, -0.05) is 29.8 Å². The maximum absolute atomic E-state index is 14.0. The van der Waals surface area contributed by atoms with Gasteiger partial charge < -0.3 is 10.1 Å². The third kappa shape index (κ3) is 5.76. The van der Waals surface area contributed by atoms with E-state index in [1.807, 2.05) is 20.8 Å². The number of hydrogen-bond donors (Lipinski definition) is 2. The molecule has 2 aromatic heterocycles. The third-order valence-corrected chi connectivity index (χ3v) is 6.64. The van der Waals surface area contributed by atoms with Crippen LogP contribution >= 0.6 is 11.6 Å². The maximum atomic E-state index is 14.0. The number of halogens is 1. The first-order chi connectivity index (χ1) is 19.1. The molecule has 1 aliphatic heterocycles. The number of anilines is 2. The Morgan fingerprint density at radius 1 is 1.05 bits per heavy atom. The minimum Gasteiger partial charge on any atom is -0.444 e. The first-order valence-corrected chi connectivity index (χ1v) is 13.3. The van der Waals surface area contributed by atoms with E-state index in [1.165, 1.54) is 4.57 Å². The van der Waals surface area contributed by atoms with E-state index < -0.39 is 23.8 Å². The minimum atomic E-state index is -0.677. The Balaban J connectivity index is 1.57. The average molecular weight is 561 g/mol. The Kier molecular flexibility index (Phi) is 7.44. The lowest BCUT2D eigenvalue weighted by molar-refractivity contribution is 0.0216. The Hall–Kier alpha value is -4.44. The highest BCUT2D eigenvalue weighted by Gasteiger charge is 2.36. The third-order valence-electron chi connectivity index (χ3n) is 6.32. The Morgan fingerprint density at radius 2 is 1.85 bits per heavy atom. The summed E-state index contributed by atoms with van der Waals surface area (Å²) >= 11 is 6.45. The van der Waals surface area contributed by atoms with Crippen LogP contribution in [0, 0.1) is 0 Å². The highest BCUT2D eigenvalue weighted by molar-refractivity contribution is 6.35. The Bertz CT molecular complexity index is 1630. The lowest BCUT2D eigenvalue weighted by Gasteiger charge is -2.29. The number of nitrogens with zero attached hydrogens (tertiary/aromatic N) is 4. The molecule has 4 aromatic rings. The molecule has 10 nitrogen and oxygen atoms in total. The zero-order chi connectivity index (χ0) is 28.4. The fourth-order valence-electron chi connectivity index (χ4n) is 4.69. The molecule has 0 bridgehead atoms. The van der Waals surface area contributed by atoms with Crippen molar-refractivity contribution in [1.82, 2.24) is 19.4 Å². The Labute approximate surface area is 236 Å². The van der Waals surface area contributed by atoms with Gasteiger partial charge in [-0.15, -0.1) is 0 Å². The van der Waals surface area contributed by atoms with E-state index in [4.69, 9.17) is 21.3 Å². The number of benzene rings is 2. The number of amides is 3. The van der Waals surface area contributed by atoms with Crippen molar-refractivity contribution in [3.05, 3.63) is 88.1 Å². The standard InChI is InChI=1S/C29H29ClN6O4/c1-29(2,3)40-28(39)35-16-8-13-22(35)25-33-21-12-7-11-20(30)24(21)26(37)36(25)19-10-6-9-18(17-19)32-27(38)34-23-14-4-5-15-31-23/h4-7,9-12,14-15,17,22H,8,13,16H2,1-3H3,(H2,31,32,34,38). The molecule has 3 heterocycles. The zero-order valence-corrected chi connectivity index (χ0v) is 23.1. The molecule has 2 aromatic carbocycles. The zero-order valence-electron chi connectivity index (χ0n) is 22.3. The monoisotopic (exact) mass is 560 g/mol. The summed E-state index contributed by atoms with van der Waals surface area (Å²) < 4.78 is 7.12. The molecule has 1 unspecified atom stereocenters. The van der Waals surface area contributed by atoms with Crippen molar-refractivity contribution in [3.63, 3.8) is 0 Å². The second-order valence-electron chi connectivity index (χ2n) is 10.4. The number of carbonyl (C=O) groups excluding carboxylic acids is 2. The molecular weight excluding hydrogens is 532 g/mol. The van der Waals surface area contributed by atoms with Crippen LogP contribution in [0.4, 0.5) is 21.1 Å². The van der Waals surface area contributed by atoms with E-state index in [9.17, 15) is 14.4 Å². The van der Waals surface area contributed by atoms with Crippen LogP contribution in [0.1, 0.15) is 45.5 Å². The molecule has 0 radical (unpaired) electrons. The SMILES string of the molecule is CC(C)(C)OC(=O)N1CCCC1c1nc2cccc(Cl)c2c(=O)n1-c1cccc(NC(=O)Nc2ccccn2)c1. The van der Waals surface area contributed by atoms with Gasteiger partial charge in [-0.05, 0) is 76.1 Å². The molecule has 0 spiro atoms. The summed E-state index contributed by atoms with van der Waals surface area (Å²) in [5.41, 5.74) is 0.282. The molecular formula is C29H29ClN6O4. The van der Waals surface area contributed by atoms with E-state index in [1.54, 1.807) is 71.8 Å². The van der Waals surface area contributed by atoms with Crippen molar-refractivity contribution in [2.45, 2.75) is 45.3 Å². The first kappa shape index (κ1) is 27.1. The summed E-state index contributed by atoms with van der Waals surface area (Å²) in [5, 5.41) is 5.98. The predicted molar refractivity (Wildman–Crippen MR) is 154 cm³/mol. The van der Waals surface area contributed by atoms with Crippen LogP contribution in [0.25, 0.3) is 16.6 Å². The molecule has 11 heteroatoms. The minimum absolute atomic E-state index is 0.265. The molecule has 0 aliphatic carbocycles. The second kappa shape index (κ2) is 11.0. The van der Waals surface area contributed by atoms with Crippen molar-refractivity contribution in [3.8, 4) is 5.69 Å². The normalized spacial score (nSPS) is 15.2. The van der Waals surface area contributed by atoms with Crippen LogP contribution in [0.15, 0.2) is 71.7 Å². The van der Waals surface area contributed by atoms with E-state index in [-0.39, 0.29) is 16.0 Å². The highest BCUT2D eigenvalue weighted by atomic mass is 35.5. The number of urea groups is 1. The van der Waals surface area contributed by atoms with Crippen LogP contribution < -0.4 is 16.2 Å². The van der Waals surface area contributed by atoms with E-state index in [0.717, 1.165) is 6.42 Å². The van der Waals surface area contributed by atoms with Crippen molar-refractivity contribution >= 4 is 46.1 Å². The van der Waals surface area contributed by atoms with Gasteiger partial charge in [0.25, 0.3) is 5.56 Å². The van der Waals surface area contributed by atoms with Crippen LogP contribution in [-0.2, 0) is 4.74 Å². The van der Waals surface area contributed by atoms with E-state index in [2.05, 4.69) is 15.6 Å². The number of fused-ring (bicyclic) bond motifs is 1. The molecule has 40 heavy (non-hydrogen) atoms. The van der Waals surface area contributed by atoms with Crippen molar-refractivity contribution in [1.29, 1.82) is 0 Å². The smallest absolute Gasteiger partial charge is 0.410 e. The van der Waals surface area contributed by atoms with Crippen LogP contribution in [0.3, 0.4) is 0 Å². The van der Waals surface area contributed by atoms with Crippen molar-refractivity contribution in [2.24, 2.45) is 0 Å². The molecule has 0 saturated carbocycles. The second-order valence-corrected chi connectivity index (χ2v) is 10.8. The van der Waals surface area contributed by atoms with Gasteiger partial charge in [0.05, 0.1) is 27.7 Å². The quantitative estimate of drug-likeness (QED) is 0.309. The van der Waals surface area contributed by atoms with Gasteiger partial charge in [-0.2, -0.15) is 0 Å². The van der Waals surface area contributed by atoms with Gasteiger partial charge in [0.15, 0.2) is 0 Å². The fraction of sp³-hybridized carbons (Fsp3) is 0.276. The van der Waals surface area contributed by atoms with E-state index >= 15 is 0 Å². The van der Waals surface area contributed by atoms with Gasteiger partial charge in [0.1, 0.15) is 17.2 Å². The number of rotatable bonds is 4. The number of carbonyl (C=O) groups is 2. The topological polar surface area (TPSA) is 118 Å². The number of hydrogen-bond acceptors (Lipinski definition) is 6. The Morgan fingerprint density at radius 3 is 2.60 bits per heavy atom. The van der Waals surface area contributed by atoms with Gasteiger partial charge in [-0.3, -0.25) is 19.6 Å². The number of nitrogens with one attached hydrogen (secondary N) is 2. The number of ether oxygens (including phenoxy) is 1. The van der Waals surface area contributed by atoms with Crippen LogP contribution in [0.2, 0.25) is 5.02 Å². The molecule has 2 N–H and O–H groups in total. The lowest BCUT2D eigenvalue weighted by atomic mass is 10.1. The molecule has 1 atom stereocenters. The average Bonchev–Trinajstić information content (AvgIpc) is 3.38. The number of aromatic nitrogens is 3. The summed E-state index contributed by atoms with van der Waals surface area (Å²) in [5.74, 6) is 0.782. The van der Waals surface area contributed by atoms with Gasteiger partial charge in [0.2, 0.25) is 0 Å². The van der Waals surface area contributed by atoms with Crippen molar-refractivity contribution in [2.75, 3.05) is 17.2 Å². The molecule has 1 fully saturated rings. The fourth-order valence-corrected chi connectivity index (χ4v) is 4.94. The molecule has 3 amide bonds. The largest absolute Gasteiger partial charge is 0.444 e. The van der Waals surface area contributed by atoms with Crippen molar-refractivity contribution < 1.29 is 14.3 Å². The lowest BCUT2D eigenvalue weighted by Crippen LogP contribution is -2.38. The summed E-state index contributed by atoms with van der Waals surface area (Å²) in [6.45, 7) is 5.90. The predicted octanol–water partition coefficient (Wildman–Crippen LogP) is 6.15. The van der Waals surface area contributed by atoms with Gasteiger partial charge >= 0.3 is 12.1 Å². The number of pyridine rings is 1. The van der Waals surface area contributed by atoms with Crippen LogP contribution in [-0.4, -0.2) is 43.7 Å². The summed E-state index contributed by atoms with van der Waals surface area (Å²) in [6.07, 6.45) is 2.43. The molecule has 1 aliphatic rings. The molecule has 5 rings (SSSR count). The summed E-state index contributed by atoms with van der Waals surface area (Å²) in [4.78, 5) is 50.3. The molecule has 206 valence electrons. The van der Waals surface area contributed by atoms with Gasteiger partial charge in [0, 0.05) is 18.4 Å². The van der Waals surface area contributed by atoms with Crippen LogP contribution in [0.5, 0.6) is 0 Å². The molecule has 1 saturated heterocycles. The summed E-state index contributed by atoms with van der Waals surface area (Å²) in [7, 11) is 0. The first-order valence-electron chi connectivity index (χ1n) is 12.9. The van der Waals surface area contributed by atoms with E-state index in [0.29, 0.717) is 41.5 Å². The summed E-state index contributed by atoms with van der Waals surface area (Å²) in [6, 6.07) is 16.1.